The highest BCUT2D eigenvalue weighted by Crippen LogP contribution is 2.18. The first-order valence-corrected chi connectivity index (χ1v) is 8.55. The van der Waals surface area contributed by atoms with Gasteiger partial charge in [-0.3, -0.25) is 4.79 Å². The van der Waals surface area contributed by atoms with E-state index in [0.717, 1.165) is 34.4 Å². The van der Waals surface area contributed by atoms with Crippen molar-refractivity contribution in [2.24, 2.45) is 5.10 Å². The highest BCUT2D eigenvalue weighted by Gasteiger charge is 2.13. The minimum absolute atomic E-state index is 0.148. The lowest BCUT2D eigenvalue weighted by atomic mass is 10.1. The van der Waals surface area contributed by atoms with Gasteiger partial charge in [-0.05, 0) is 56.7 Å². The number of nitrogens with zero attached hydrogens (tertiary/aromatic N) is 4. The summed E-state index contributed by atoms with van der Waals surface area (Å²) in [6.07, 6.45) is 3.31. The lowest BCUT2D eigenvalue weighted by Gasteiger charge is -2.08. The highest BCUT2D eigenvalue weighted by molar-refractivity contribution is 5.95. The predicted molar refractivity (Wildman–Crippen MR) is 104 cm³/mol. The van der Waals surface area contributed by atoms with Gasteiger partial charge in [-0.25, -0.2) is 14.8 Å². The molecule has 1 aromatic carbocycles. The summed E-state index contributed by atoms with van der Waals surface area (Å²) in [5.74, 6) is -0.661. The fraction of sp³-hybridized carbons (Fsp3) is 0.143. The Kier molecular flexibility index (Phi) is 5.32. The third-order valence-corrected chi connectivity index (χ3v) is 4.31. The normalized spacial score (nSPS) is 10.8. The van der Waals surface area contributed by atoms with Crippen LogP contribution in [0, 0.1) is 37.9 Å². The molecular formula is C21H18FN5O. The number of halogens is 1. The van der Waals surface area contributed by atoms with E-state index < -0.39 is 11.7 Å². The quantitative estimate of drug-likeness (QED) is 0.559. The molecule has 0 spiro atoms. The number of nitriles is 1. The zero-order valence-electron chi connectivity index (χ0n) is 15.7. The second kappa shape index (κ2) is 7.84. The maximum Gasteiger partial charge on any atom is 0.274 e. The Balaban J connectivity index is 1.78. The molecule has 0 unspecified atom stereocenters. The molecule has 6 nitrogen and oxygen atoms in total. The maximum atomic E-state index is 13.9. The van der Waals surface area contributed by atoms with Crippen molar-refractivity contribution < 1.29 is 9.18 Å². The molecule has 0 aliphatic heterocycles. The van der Waals surface area contributed by atoms with Crippen molar-refractivity contribution in [3.8, 4) is 11.9 Å². The molecular weight excluding hydrogens is 357 g/mol. The Morgan fingerprint density at radius 1 is 1.25 bits per heavy atom. The highest BCUT2D eigenvalue weighted by atomic mass is 19.1. The van der Waals surface area contributed by atoms with Crippen molar-refractivity contribution in [1.82, 2.24) is 15.0 Å². The van der Waals surface area contributed by atoms with Crippen LogP contribution in [0.5, 0.6) is 0 Å². The molecule has 0 atom stereocenters. The van der Waals surface area contributed by atoms with E-state index in [4.69, 9.17) is 5.26 Å². The smallest absolute Gasteiger partial charge is 0.274 e. The summed E-state index contributed by atoms with van der Waals surface area (Å²) in [6, 6.07) is 11.3. The van der Waals surface area contributed by atoms with E-state index in [1.165, 1.54) is 18.3 Å². The number of aromatic nitrogens is 2. The molecule has 0 saturated carbocycles. The third-order valence-electron chi connectivity index (χ3n) is 4.31. The van der Waals surface area contributed by atoms with E-state index in [-0.39, 0.29) is 11.1 Å². The molecule has 7 heteroatoms. The average Bonchev–Trinajstić information content (AvgIpc) is 2.96. The first kappa shape index (κ1) is 19.0. The zero-order valence-corrected chi connectivity index (χ0v) is 15.7. The van der Waals surface area contributed by atoms with Gasteiger partial charge in [0, 0.05) is 23.1 Å². The lowest BCUT2D eigenvalue weighted by Crippen LogP contribution is -2.19. The van der Waals surface area contributed by atoms with Gasteiger partial charge in [-0.2, -0.15) is 10.4 Å². The summed E-state index contributed by atoms with van der Waals surface area (Å²) < 4.78 is 15.9. The van der Waals surface area contributed by atoms with Crippen LogP contribution in [0.25, 0.3) is 5.82 Å². The van der Waals surface area contributed by atoms with Gasteiger partial charge in [0.2, 0.25) is 0 Å². The number of carbonyl (C=O) groups excluding carboxylic acids is 1. The average molecular weight is 375 g/mol. The van der Waals surface area contributed by atoms with Crippen LogP contribution in [0.3, 0.4) is 0 Å². The lowest BCUT2D eigenvalue weighted by molar-refractivity contribution is 0.0951. The van der Waals surface area contributed by atoms with Crippen molar-refractivity contribution in [2.75, 3.05) is 0 Å². The number of hydrazone groups is 1. The number of hydrogen-bond donors (Lipinski definition) is 1. The Bertz CT molecular complexity index is 1110. The number of aryl methyl sites for hydroxylation is 2. The van der Waals surface area contributed by atoms with E-state index >= 15 is 0 Å². The van der Waals surface area contributed by atoms with Gasteiger partial charge in [0.05, 0.1) is 23.4 Å². The monoisotopic (exact) mass is 375 g/mol. The van der Waals surface area contributed by atoms with Crippen LogP contribution in [0.4, 0.5) is 4.39 Å². The standard InChI is InChI=1S/C21H18FN5O/c1-13-4-7-20(24-11-13)27-14(2)8-17(15(27)3)12-25-26-21(28)18-6-5-16(10-23)9-19(18)22/h4-9,11-12H,1-3H3,(H,26,28)/b25-12+. The first-order chi connectivity index (χ1) is 13.4. The van der Waals surface area contributed by atoms with Crippen molar-refractivity contribution in [2.45, 2.75) is 20.8 Å². The summed E-state index contributed by atoms with van der Waals surface area (Å²) in [7, 11) is 0. The Morgan fingerprint density at radius 2 is 2.04 bits per heavy atom. The number of nitrogens with one attached hydrogen (secondary N) is 1. The van der Waals surface area contributed by atoms with Gasteiger partial charge in [0.1, 0.15) is 11.6 Å². The van der Waals surface area contributed by atoms with Crippen LogP contribution >= 0.6 is 0 Å². The fourth-order valence-electron chi connectivity index (χ4n) is 2.85. The molecule has 3 rings (SSSR count). The van der Waals surface area contributed by atoms with E-state index in [0.29, 0.717) is 0 Å². The molecule has 2 heterocycles. The van der Waals surface area contributed by atoms with E-state index in [1.807, 2.05) is 49.6 Å². The summed E-state index contributed by atoms with van der Waals surface area (Å²) in [5, 5.41) is 12.7. The molecule has 0 fully saturated rings. The van der Waals surface area contributed by atoms with E-state index in [2.05, 4.69) is 15.5 Å². The second-order valence-electron chi connectivity index (χ2n) is 6.36. The van der Waals surface area contributed by atoms with Crippen LogP contribution in [0.1, 0.15) is 38.4 Å². The van der Waals surface area contributed by atoms with Crippen LogP contribution in [0.15, 0.2) is 47.7 Å². The number of rotatable bonds is 4. The van der Waals surface area contributed by atoms with Crippen molar-refractivity contribution in [3.63, 3.8) is 0 Å². The summed E-state index contributed by atoms with van der Waals surface area (Å²) >= 11 is 0. The second-order valence-corrected chi connectivity index (χ2v) is 6.36. The fourth-order valence-corrected chi connectivity index (χ4v) is 2.85. The number of benzene rings is 1. The minimum atomic E-state index is -0.768. The molecule has 1 amide bonds. The molecule has 28 heavy (non-hydrogen) atoms. The molecule has 0 bridgehead atoms. The van der Waals surface area contributed by atoms with Crippen molar-refractivity contribution >= 4 is 12.1 Å². The van der Waals surface area contributed by atoms with Gasteiger partial charge < -0.3 is 4.57 Å². The molecule has 140 valence electrons. The van der Waals surface area contributed by atoms with E-state index in [9.17, 15) is 9.18 Å². The summed E-state index contributed by atoms with van der Waals surface area (Å²) in [6.45, 7) is 5.86. The molecule has 0 aliphatic carbocycles. The summed E-state index contributed by atoms with van der Waals surface area (Å²) in [4.78, 5) is 16.5. The largest absolute Gasteiger partial charge is 0.303 e. The molecule has 0 aliphatic rings. The Hall–Kier alpha value is -3.79. The molecule has 2 aromatic heterocycles. The van der Waals surface area contributed by atoms with E-state index in [1.54, 1.807) is 6.20 Å². The minimum Gasteiger partial charge on any atom is -0.303 e. The number of carbonyl (C=O) groups is 1. The Morgan fingerprint density at radius 3 is 2.68 bits per heavy atom. The van der Waals surface area contributed by atoms with Gasteiger partial charge in [-0.1, -0.05) is 6.07 Å². The van der Waals surface area contributed by atoms with Crippen LogP contribution < -0.4 is 5.43 Å². The summed E-state index contributed by atoms with van der Waals surface area (Å²) in [5.41, 5.74) is 6.05. The van der Waals surface area contributed by atoms with Crippen LogP contribution in [-0.4, -0.2) is 21.7 Å². The third kappa shape index (κ3) is 3.81. The zero-order chi connectivity index (χ0) is 20.3. The molecule has 0 saturated heterocycles. The maximum absolute atomic E-state index is 13.9. The molecule has 3 aromatic rings. The number of pyridine rings is 1. The van der Waals surface area contributed by atoms with Gasteiger partial charge in [0.15, 0.2) is 0 Å². The SMILES string of the molecule is Cc1ccc(-n2c(C)cc(/C=N/NC(=O)c3ccc(C#N)cc3F)c2C)nc1. The van der Waals surface area contributed by atoms with Crippen molar-refractivity contribution in [1.29, 1.82) is 5.26 Å². The first-order valence-electron chi connectivity index (χ1n) is 8.55. The topological polar surface area (TPSA) is 83.1 Å². The molecule has 1 N–H and O–H groups in total. The van der Waals surface area contributed by atoms with Gasteiger partial charge in [0.25, 0.3) is 5.91 Å². The number of amides is 1. The molecule has 0 radical (unpaired) electrons. The van der Waals surface area contributed by atoms with Crippen molar-refractivity contribution in [3.05, 3.63) is 82.1 Å². The van der Waals surface area contributed by atoms with Gasteiger partial charge >= 0.3 is 0 Å². The van der Waals surface area contributed by atoms with Gasteiger partial charge in [-0.15, -0.1) is 0 Å². The van der Waals surface area contributed by atoms with Crippen LogP contribution in [-0.2, 0) is 0 Å². The Labute approximate surface area is 162 Å². The predicted octanol–water partition coefficient (Wildman–Crippen LogP) is 3.57. The number of hydrogen-bond acceptors (Lipinski definition) is 4. The van der Waals surface area contributed by atoms with Crippen LogP contribution in [0.2, 0.25) is 0 Å².